The molecule has 0 aliphatic rings. The van der Waals surface area contributed by atoms with E-state index in [0.29, 0.717) is 13.0 Å². The van der Waals surface area contributed by atoms with Crippen LogP contribution in [0.2, 0.25) is 0 Å². The van der Waals surface area contributed by atoms with E-state index in [1.165, 1.54) is 9.13 Å². The van der Waals surface area contributed by atoms with Crippen molar-refractivity contribution in [3.63, 3.8) is 0 Å². The van der Waals surface area contributed by atoms with Crippen molar-refractivity contribution in [2.45, 2.75) is 32.1 Å². The number of carbonyl (C=O) groups excluding carboxylic acids is 1. The lowest BCUT2D eigenvalue weighted by molar-refractivity contribution is -0.143. The Hall–Kier alpha value is -1.37. The molecule has 0 saturated heterocycles. The summed E-state index contributed by atoms with van der Waals surface area (Å²) in [4.78, 5) is 18.6. The smallest absolute Gasteiger partial charge is 0.305 e. The van der Waals surface area contributed by atoms with E-state index in [1.54, 1.807) is 12.5 Å². The molecule has 2 rings (SSSR count). The number of H-pyrrole nitrogens is 1. The van der Waals surface area contributed by atoms with Crippen molar-refractivity contribution in [1.29, 1.82) is 0 Å². The molecule has 0 spiro atoms. The van der Waals surface area contributed by atoms with Crippen LogP contribution in [0.25, 0.3) is 0 Å². The summed E-state index contributed by atoms with van der Waals surface area (Å²) in [6.07, 6.45) is 7.37. The van der Waals surface area contributed by atoms with Gasteiger partial charge in [-0.1, -0.05) is 12.1 Å². The molecule has 21 heavy (non-hydrogen) atoms. The first-order valence-corrected chi connectivity index (χ1v) is 8.19. The highest BCUT2D eigenvalue weighted by molar-refractivity contribution is 14.1. The highest BCUT2D eigenvalue weighted by Crippen LogP contribution is 2.10. The summed E-state index contributed by atoms with van der Waals surface area (Å²) >= 11 is 2.29. The van der Waals surface area contributed by atoms with Gasteiger partial charge in [0.15, 0.2) is 0 Å². The number of aromatic nitrogens is 2. The lowest BCUT2D eigenvalue weighted by Gasteiger charge is -2.05. The van der Waals surface area contributed by atoms with Crippen molar-refractivity contribution in [3.8, 4) is 0 Å². The number of esters is 1. The molecule has 1 aromatic carbocycles. The quantitative estimate of drug-likeness (QED) is 0.421. The Morgan fingerprint density at radius 3 is 2.71 bits per heavy atom. The van der Waals surface area contributed by atoms with Crippen molar-refractivity contribution in [3.05, 3.63) is 51.6 Å². The van der Waals surface area contributed by atoms with Gasteiger partial charge in [0.05, 0.1) is 12.9 Å². The molecule has 1 heterocycles. The zero-order valence-corrected chi connectivity index (χ0v) is 14.0. The third kappa shape index (κ3) is 6.29. The molecule has 0 aliphatic carbocycles. The van der Waals surface area contributed by atoms with Gasteiger partial charge < -0.3 is 9.72 Å². The number of nitrogens with zero attached hydrogens (tertiary/aromatic N) is 1. The monoisotopic (exact) mass is 398 g/mol. The predicted octanol–water partition coefficient (Wildman–Crippen LogP) is 3.51. The molecule has 1 N–H and O–H groups in total. The number of aromatic amines is 1. The fourth-order valence-electron chi connectivity index (χ4n) is 2.03. The van der Waals surface area contributed by atoms with E-state index < -0.39 is 0 Å². The molecule has 4 nitrogen and oxygen atoms in total. The highest BCUT2D eigenvalue weighted by Gasteiger charge is 2.03. The lowest BCUT2D eigenvalue weighted by atomic mass is 10.1. The second-order valence-electron chi connectivity index (χ2n) is 4.88. The largest absolute Gasteiger partial charge is 0.466 e. The second-order valence-corrected chi connectivity index (χ2v) is 6.13. The van der Waals surface area contributed by atoms with Gasteiger partial charge in [0.2, 0.25) is 0 Å². The van der Waals surface area contributed by atoms with E-state index >= 15 is 0 Å². The molecule has 2 aromatic rings. The molecule has 1 aromatic heterocycles. The Labute approximate surface area is 138 Å². The standard InChI is InChI=1S/C16H19IN2O2/c17-14-8-6-13(7-9-14)3-1-5-16(20)21-10-2-4-15-11-18-12-19-15/h6-9,11-12H,1-5,10H2,(H,18,19). The van der Waals surface area contributed by atoms with Crippen LogP contribution in [-0.4, -0.2) is 22.5 Å². The van der Waals surface area contributed by atoms with Crippen LogP contribution in [0.4, 0.5) is 0 Å². The normalized spacial score (nSPS) is 10.5. The van der Waals surface area contributed by atoms with Gasteiger partial charge in [0.1, 0.15) is 0 Å². The Morgan fingerprint density at radius 2 is 2.00 bits per heavy atom. The van der Waals surface area contributed by atoms with Crippen LogP contribution in [0.1, 0.15) is 30.5 Å². The summed E-state index contributed by atoms with van der Waals surface area (Å²) in [6.45, 7) is 0.474. The minimum atomic E-state index is -0.106. The maximum Gasteiger partial charge on any atom is 0.305 e. The average molecular weight is 398 g/mol. The van der Waals surface area contributed by atoms with Crippen molar-refractivity contribution in [1.82, 2.24) is 9.97 Å². The molecule has 0 atom stereocenters. The van der Waals surface area contributed by atoms with E-state index in [4.69, 9.17) is 4.74 Å². The van der Waals surface area contributed by atoms with Gasteiger partial charge in [0, 0.05) is 21.9 Å². The van der Waals surface area contributed by atoms with Gasteiger partial charge in [-0.25, -0.2) is 4.98 Å². The van der Waals surface area contributed by atoms with Crippen molar-refractivity contribution in [2.75, 3.05) is 6.61 Å². The third-order valence-electron chi connectivity index (χ3n) is 3.17. The molecule has 0 unspecified atom stereocenters. The number of rotatable bonds is 8. The summed E-state index contributed by atoms with van der Waals surface area (Å²) in [7, 11) is 0. The SMILES string of the molecule is O=C(CCCc1ccc(I)cc1)OCCCc1cnc[nH]1. The van der Waals surface area contributed by atoms with Crippen LogP contribution in [0, 0.1) is 3.57 Å². The second kappa shape index (κ2) is 8.81. The number of carbonyl (C=O) groups is 1. The van der Waals surface area contributed by atoms with Crippen molar-refractivity contribution in [2.24, 2.45) is 0 Å². The van der Waals surface area contributed by atoms with Gasteiger partial charge in [-0.05, 0) is 66.0 Å². The summed E-state index contributed by atoms with van der Waals surface area (Å²) in [6, 6.07) is 8.39. The Bertz CT molecular complexity index is 538. The molecule has 112 valence electrons. The molecule has 5 heteroatoms. The summed E-state index contributed by atoms with van der Waals surface area (Å²) < 4.78 is 6.45. The minimum Gasteiger partial charge on any atom is -0.466 e. The van der Waals surface area contributed by atoms with E-state index in [-0.39, 0.29) is 5.97 Å². The van der Waals surface area contributed by atoms with E-state index in [1.807, 2.05) is 0 Å². The topological polar surface area (TPSA) is 55.0 Å². The first-order valence-electron chi connectivity index (χ1n) is 7.11. The van der Waals surface area contributed by atoms with E-state index in [2.05, 4.69) is 56.8 Å². The Balaban J connectivity index is 1.54. The minimum absolute atomic E-state index is 0.106. The lowest BCUT2D eigenvalue weighted by Crippen LogP contribution is -2.07. The first-order chi connectivity index (χ1) is 10.2. The van der Waals surface area contributed by atoms with Crippen molar-refractivity contribution >= 4 is 28.6 Å². The summed E-state index contributed by atoms with van der Waals surface area (Å²) in [5.74, 6) is -0.106. The number of aryl methyl sites for hydroxylation is 2. The van der Waals surface area contributed by atoms with Crippen molar-refractivity contribution < 1.29 is 9.53 Å². The van der Waals surface area contributed by atoms with Crippen LogP contribution >= 0.6 is 22.6 Å². The number of hydrogen-bond donors (Lipinski definition) is 1. The third-order valence-corrected chi connectivity index (χ3v) is 3.89. The molecule has 0 amide bonds. The van der Waals surface area contributed by atoms with Gasteiger partial charge >= 0.3 is 5.97 Å². The maximum atomic E-state index is 11.6. The summed E-state index contributed by atoms with van der Waals surface area (Å²) in [5.41, 5.74) is 2.34. The zero-order chi connectivity index (χ0) is 14.9. The number of hydrogen-bond acceptors (Lipinski definition) is 3. The fraction of sp³-hybridized carbons (Fsp3) is 0.375. The molecular formula is C16H19IN2O2. The van der Waals surface area contributed by atoms with Crippen LogP contribution in [0.5, 0.6) is 0 Å². The molecule has 0 aliphatic heterocycles. The van der Waals surface area contributed by atoms with E-state index in [9.17, 15) is 4.79 Å². The van der Waals surface area contributed by atoms with Gasteiger partial charge in [-0.15, -0.1) is 0 Å². The molecular weight excluding hydrogens is 379 g/mol. The van der Waals surface area contributed by atoms with Crippen LogP contribution in [-0.2, 0) is 22.4 Å². The molecule has 0 radical (unpaired) electrons. The molecule has 0 fully saturated rings. The van der Waals surface area contributed by atoms with Gasteiger partial charge in [0.25, 0.3) is 0 Å². The maximum absolute atomic E-state index is 11.6. The van der Waals surface area contributed by atoms with Crippen LogP contribution < -0.4 is 0 Å². The Kier molecular flexibility index (Phi) is 6.72. The number of imidazole rings is 1. The first kappa shape index (κ1) is 16.0. The average Bonchev–Trinajstić information content (AvgIpc) is 2.99. The van der Waals surface area contributed by atoms with Crippen LogP contribution in [0.15, 0.2) is 36.8 Å². The Morgan fingerprint density at radius 1 is 1.19 bits per heavy atom. The molecule has 0 saturated carbocycles. The fourth-order valence-corrected chi connectivity index (χ4v) is 2.39. The predicted molar refractivity (Wildman–Crippen MR) is 90.0 cm³/mol. The number of nitrogens with one attached hydrogen (secondary N) is 1. The van der Waals surface area contributed by atoms with Gasteiger partial charge in [-0.2, -0.15) is 0 Å². The zero-order valence-electron chi connectivity index (χ0n) is 11.8. The number of ether oxygens (including phenoxy) is 1. The number of benzene rings is 1. The number of halogens is 1. The molecule has 0 bridgehead atoms. The van der Waals surface area contributed by atoms with Crippen LogP contribution in [0.3, 0.4) is 0 Å². The van der Waals surface area contributed by atoms with E-state index in [0.717, 1.165) is 31.4 Å². The van der Waals surface area contributed by atoms with Gasteiger partial charge in [-0.3, -0.25) is 4.79 Å². The summed E-state index contributed by atoms with van der Waals surface area (Å²) in [5, 5.41) is 0. The highest BCUT2D eigenvalue weighted by atomic mass is 127.